The molecule has 0 atom stereocenters. The molecule has 3 heterocycles. The topological polar surface area (TPSA) is 86.5 Å². The zero-order valence-corrected chi connectivity index (χ0v) is 20.4. The van der Waals surface area contributed by atoms with Gasteiger partial charge in [-0.2, -0.15) is 0 Å². The van der Waals surface area contributed by atoms with E-state index < -0.39 is 0 Å². The zero-order chi connectivity index (χ0) is 23.5. The molecule has 1 fully saturated rings. The average Bonchev–Trinajstić information content (AvgIpc) is 3.48. The molecule has 7 nitrogen and oxygen atoms in total. The summed E-state index contributed by atoms with van der Waals surface area (Å²) in [6, 6.07) is 9.86. The molecule has 1 saturated carbocycles. The summed E-state index contributed by atoms with van der Waals surface area (Å²) in [4.78, 5) is 17.8. The van der Waals surface area contributed by atoms with Gasteiger partial charge in [0.15, 0.2) is 11.5 Å². The highest BCUT2D eigenvalue weighted by Crippen LogP contribution is 2.44. The summed E-state index contributed by atoms with van der Waals surface area (Å²) in [7, 11) is 0. The van der Waals surface area contributed by atoms with Gasteiger partial charge in [-0.25, -0.2) is 4.98 Å². The number of aryl methyl sites for hydroxylation is 2. The molecular formula is C26H29N3O4S. The van der Waals surface area contributed by atoms with Gasteiger partial charge in [-0.05, 0) is 56.5 Å². The van der Waals surface area contributed by atoms with Crippen molar-refractivity contribution in [3.8, 4) is 11.5 Å². The SMILES string of the molecule is Cc1noc(C)c1CSc1ncccc1C(=O)NCC1(c2ccc3c(c2)OCCO3)CCCC1. The Balaban J connectivity index is 1.31. The van der Waals surface area contributed by atoms with E-state index in [0.29, 0.717) is 36.1 Å². The van der Waals surface area contributed by atoms with E-state index in [9.17, 15) is 4.79 Å². The molecule has 34 heavy (non-hydrogen) atoms. The Morgan fingerprint density at radius 1 is 1.12 bits per heavy atom. The third-order valence-corrected chi connectivity index (χ3v) is 7.88. The van der Waals surface area contributed by atoms with Crippen molar-refractivity contribution in [1.29, 1.82) is 0 Å². The largest absolute Gasteiger partial charge is 0.486 e. The number of thioether (sulfide) groups is 1. The summed E-state index contributed by atoms with van der Waals surface area (Å²) in [6.07, 6.45) is 6.09. The smallest absolute Gasteiger partial charge is 0.254 e. The number of ether oxygens (including phenoxy) is 2. The van der Waals surface area contributed by atoms with Crippen LogP contribution in [0.5, 0.6) is 11.5 Å². The highest BCUT2D eigenvalue weighted by molar-refractivity contribution is 7.98. The molecule has 5 rings (SSSR count). The summed E-state index contributed by atoms with van der Waals surface area (Å²) in [5.74, 6) is 2.95. The van der Waals surface area contributed by atoms with Gasteiger partial charge >= 0.3 is 0 Å². The van der Waals surface area contributed by atoms with Crippen molar-refractivity contribution in [2.75, 3.05) is 19.8 Å². The van der Waals surface area contributed by atoms with Gasteiger partial charge in [0.2, 0.25) is 0 Å². The Kier molecular flexibility index (Phi) is 6.50. The van der Waals surface area contributed by atoms with Gasteiger partial charge in [0.1, 0.15) is 24.0 Å². The van der Waals surface area contributed by atoms with E-state index in [-0.39, 0.29) is 11.3 Å². The number of aromatic nitrogens is 2. The number of nitrogens with one attached hydrogen (secondary N) is 1. The minimum Gasteiger partial charge on any atom is -0.486 e. The second kappa shape index (κ2) is 9.70. The number of nitrogens with zero attached hydrogens (tertiary/aromatic N) is 2. The van der Waals surface area contributed by atoms with Crippen LogP contribution < -0.4 is 14.8 Å². The molecule has 0 saturated heterocycles. The fraction of sp³-hybridized carbons (Fsp3) is 0.423. The van der Waals surface area contributed by atoms with Crippen molar-refractivity contribution >= 4 is 17.7 Å². The average molecular weight is 480 g/mol. The number of rotatable bonds is 7. The number of fused-ring (bicyclic) bond motifs is 1. The molecule has 1 aromatic carbocycles. The van der Waals surface area contributed by atoms with Gasteiger partial charge in [-0.1, -0.05) is 24.1 Å². The van der Waals surface area contributed by atoms with Gasteiger partial charge in [-0.15, -0.1) is 11.8 Å². The standard InChI is InChI=1S/C26H29N3O4S/c1-17-21(18(2)33-29-17)15-34-25-20(6-5-11-27-25)24(30)28-16-26(9-3-4-10-26)19-7-8-22-23(14-19)32-13-12-31-22/h5-8,11,14H,3-4,9-10,12-13,15-16H2,1-2H3,(H,28,30). The second-order valence-corrected chi connectivity index (χ2v) is 9.94. The van der Waals surface area contributed by atoms with Crippen molar-refractivity contribution in [2.24, 2.45) is 0 Å². The molecule has 178 valence electrons. The Morgan fingerprint density at radius 3 is 2.68 bits per heavy atom. The van der Waals surface area contributed by atoms with Gasteiger partial charge < -0.3 is 19.3 Å². The third kappa shape index (κ3) is 4.51. The Morgan fingerprint density at radius 2 is 1.91 bits per heavy atom. The summed E-state index contributed by atoms with van der Waals surface area (Å²) in [5.41, 5.74) is 3.61. The summed E-state index contributed by atoms with van der Waals surface area (Å²) < 4.78 is 16.8. The second-order valence-electron chi connectivity index (χ2n) is 8.98. The predicted octanol–water partition coefficient (Wildman–Crippen LogP) is 4.99. The van der Waals surface area contributed by atoms with Gasteiger partial charge in [0.25, 0.3) is 5.91 Å². The van der Waals surface area contributed by atoms with Crippen LogP contribution in [0.25, 0.3) is 0 Å². The molecule has 3 aromatic rings. The lowest BCUT2D eigenvalue weighted by molar-refractivity contribution is 0.0939. The Bertz CT molecular complexity index is 1170. The molecule has 0 unspecified atom stereocenters. The molecule has 0 radical (unpaired) electrons. The van der Waals surface area contributed by atoms with E-state index in [1.165, 1.54) is 17.3 Å². The Hall–Kier alpha value is -3.00. The van der Waals surface area contributed by atoms with Gasteiger partial charge in [0, 0.05) is 29.5 Å². The first-order valence-corrected chi connectivity index (χ1v) is 12.7. The number of amides is 1. The number of hydrogen-bond acceptors (Lipinski definition) is 7. The first-order valence-electron chi connectivity index (χ1n) is 11.7. The normalized spacial score (nSPS) is 16.4. The molecule has 1 aliphatic carbocycles. The van der Waals surface area contributed by atoms with E-state index in [4.69, 9.17) is 14.0 Å². The van der Waals surface area contributed by atoms with Crippen LogP contribution in [0.15, 0.2) is 46.1 Å². The van der Waals surface area contributed by atoms with Crippen molar-refractivity contribution in [2.45, 2.75) is 55.7 Å². The summed E-state index contributed by atoms with van der Waals surface area (Å²) in [5, 5.41) is 7.95. The maximum Gasteiger partial charge on any atom is 0.254 e. The highest BCUT2D eigenvalue weighted by Gasteiger charge is 2.37. The number of pyridine rings is 1. The number of carbonyl (C=O) groups excluding carboxylic acids is 1. The molecule has 0 spiro atoms. The first kappa shape index (κ1) is 22.8. The molecule has 2 aliphatic rings. The first-order chi connectivity index (χ1) is 16.6. The van der Waals surface area contributed by atoms with Crippen LogP contribution in [-0.2, 0) is 11.2 Å². The number of hydrogen-bond donors (Lipinski definition) is 1. The van der Waals surface area contributed by atoms with E-state index >= 15 is 0 Å². The molecule has 2 aromatic heterocycles. The van der Waals surface area contributed by atoms with Crippen molar-refractivity contribution in [3.63, 3.8) is 0 Å². The van der Waals surface area contributed by atoms with Crippen LogP contribution in [0, 0.1) is 13.8 Å². The van der Waals surface area contributed by atoms with Crippen LogP contribution in [0.2, 0.25) is 0 Å². The van der Waals surface area contributed by atoms with Crippen LogP contribution in [0.1, 0.15) is 58.6 Å². The summed E-state index contributed by atoms with van der Waals surface area (Å²) in [6.45, 7) is 5.55. The van der Waals surface area contributed by atoms with Crippen molar-refractivity contribution in [3.05, 3.63) is 64.7 Å². The van der Waals surface area contributed by atoms with E-state index in [2.05, 4.69) is 27.6 Å². The lowest BCUT2D eigenvalue weighted by Gasteiger charge is -2.31. The van der Waals surface area contributed by atoms with Crippen LogP contribution in [-0.4, -0.2) is 35.8 Å². The summed E-state index contributed by atoms with van der Waals surface area (Å²) >= 11 is 1.53. The van der Waals surface area contributed by atoms with Crippen LogP contribution >= 0.6 is 11.8 Å². The third-order valence-electron chi connectivity index (χ3n) is 6.85. The van der Waals surface area contributed by atoms with E-state index in [1.54, 1.807) is 12.3 Å². The number of carbonyl (C=O) groups is 1. The van der Waals surface area contributed by atoms with Crippen molar-refractivity contribution in [1.82, 2.24) is 15.5 Å². The van der Waals surface area contributed by atoms with E-state index in [0.717, 1.165) is 54.2 Å². The minimum atomic E-state index is -0.0995. The highest BCUT2D eigenvalue weighted by atomic mass is 32.2. The van der Waals surface area contributed by atoms with Crippen LogP contribution in [0.3, 0.4) is 0 Å². The van der Waals surface area contributed by atoms with Gasteiger partial charge in [-0.3, -0.25) is 4.79 Å². The van der Waals surface area contributed by atoms with Crippen LogP contribution in [0.4, 0.5) is 0 Å². The Labute approximate surface area is 203 Å². The van der Waals surface area contributed by atoms with Gasteiger partial charge in [0.05, 0.1) is 11.3 Å². The number of benzene rings is 1. The maximum absolute atomic E-state index is 13.3. The molecular weight excluding hydrogens is 450 g/mol. The van der Waals surface area contributed by atoms with Crippen molar-refractivity contribution < 1.29 is 18.8 Å². The van der Waals surface area contributed by atoms with E-state index in [1.807, 2.05) is 26.0 Å². The lowest BCUT2D eigenvalue weighted by atomic mass is 9.78. The molecule has 0 bridgehead atoms. The zero-order valence-electron chi connectivity index (χ0n) is 19.6. The maximum atomic E-state index is 13.3. The fourth-order valence-electron chi connectivity index (χ4n) is 4.86. The molecule has 1 aliphatic heterocycles. The lowest BCUT2D eigenvalue weighted by Crippen LogP contribution is -2.39. The minimum absolute atomic E-state index is 0.0989. The predicted molar refractivity (Wildman–Crippen MR) is 130 cm³/mol. The molecule has 1 amide bonds. The molecule has 8 heteroatoms. The quantitative estimate of drug-likeness (QED) is 0.478. The fourth-order valence-corrected chi connectivity index (χ4v) is 6.01. The monoisotopic (exact) mass is 479 g/mol. The molecule has 1 N–H and O–H groups in total.